The van der Waals surface area contributed by atoms with E-state index in [0.29, 0.717) is 31.6 Å². The SMILES string of the molecule is CC(C)C(=O)N1CCCc2ccc(NC(=O)C(=O)NCCC(CCO)c3ccccc3)cc21. The average Bonchev–Trinajstić information content (AvgIpc) is 2.83. The van der Waals surface area contributed by atoms with E-state index < -0.39 is 11.8 Å². The molecule has 176 valence electrons. The first-order valence-corrected chi connectivity index (χ1v) is 11.6. The van der Waals surface area contributed by atoms with Gasteiger partial charge < -0.3 is 20.6 Å². The van der Waals surface area contributed by atoms with Gasteiger partial charge in [0.05, 0.1) is 0 Å². The van der Waals surface area contributed by atoms with Crippen LogP contribution >= 0.6 is 0 Å². The Hall–Kier alpha value is -3.19. The number of hydrogen-bond acceptors (Lipinski definition) is 4. The van der Waals surface area contributed by atoms with Crippen molar-refractivity contribution in [3.8, 4) is 0 Å². The van der Waals surface area contributed by atoms with Crippen LogP contribution in [-0.4, -0.2) is 42.5 Å². The number of anilines is 2. The van der Waals surface area contributed by atoms with Crippen molar-refractivity contribution in [2.75, 3.05) is 29.9 Å². The molecule has 3 amide bonds. The molecular formula is C26H33N3O4. The maximum Gasteiger partial charge on any atom is 0.313 e. The molecule has 1 unspecified atom stereocenters. The van der Waals surface area contributed by atoms with Crippen LogP contribution in [0.4, 0.5) is 11.4 Å². The second kappa shape index (κ2) is 11.6. The van der Waals surface area contributed by atoms with Gasteiger partial charge in [-0.1, -0.05) is 50.2 Å². The van der Waals surface area contributed by atoms with Crippen LogP contribution in [0.2, 0.25) is 0 Å². The highest BCUT2D eigenvalue weighted by Gasteiger charge is 2.25. The molecule has 7 nitrogen and oxygen atoms in total. The van der Waals surface area contributed by atoms with Crippen molar-refractivity contribution in [2.24, 2.45) is 5.92 Å². The second-order valence-electron chi connectivity index (χ2n) is 8.71. The Labute approximate surface area is 195 Å². The van der Waals surface area contributed by atoms with Crippen LogP contribution < -0.4 is 15.5 Å². The lowest BCUT2D eigenvalue weighted by molar-refractivity contribution is -0.136. The van der Waals surface area contributed by atoms with Gasteiger partial charge in [-0.25, -0.2) is 0 Å². The van der Waals surface area contributed by atoms with Crippen LogP contribution in [0, 0.1) is 5.92 Å². The quantitative estimate of drug-likeness (QED) is 0.537. The molecule has 2 aromatic carbocycles. The number of carbonyl (C=O) groups excluding carboxylic acids is 3. The van der Waals surface area contributed by atoms with Crippen LogP contribution in [0.5, 0.6) is 0 Å². The van der Waals surface area contributed by atoms with Crippen molar-refractivity contribution in [3.63, 3.8) is 0 Å². The molecule has 1 atom stereocenters. The second-order valence-corrected chi connectivity index (χ2v) is 8.71. The van der Waals surface area contributed by atoms with Crippen LogP contribution in [0.3, 0.4) is 0 Å². The van der Waals surface area contributed by atoms with Crippen molar-refractivity contribution in [3.05, 3.63) is 59.7 Å². The number of rotatable bonds is 8. The lowest BCUT2D eigenvalue weighted by Gasteiger charge is -2.31. The third kappa shape index (κ3) is 6.42. The van der Waals surface area contributed by atoms with Gasteiger partial charge in [0.1, 0.15) is 0 Å². The maximum atomic E-state index is 12.6. The molecule has 7 heteroatoms. The van der Waals surface area contributed by atoms with E-state index in [2.05, 4.69) is 10.6 Å². The van der Waals surface area contributed by atoms with Gasteiger partial charge in [-0.3, -0.25) is 14.4 Å². The number of hydrogen-bond donors (Lipinski definition) is 3. The number of fused-ring (bicyclic) bond motifs is 1. The van der Waals surface area contributed by atoms with Gasteiger partial charge in [-0.2, -0.15) is 0 Å². The maximum absolute atomic E-state index is 12.6. The highest BCUT2D eigenvalue weighted by molar-refractivity contribution is 6.39. The van der Waals surface area contributed by atoms with Crippen molar-refractivity contribution in [2.45, 2.75) is 45.4 Å². The van der Waals surface area contributed by atoms with Gasteiger partial charge in [0.2, 0.25) is 5.91 Å². The van der Waals surface area contributed by atoms with E-state index in [1.807, 2.05) is 50.2 Å². The fourth-order valence-corrected chi connectivity index (χ4v) is 4.18. The molecule has 0 saturated heterocycles. The molecular weight excluding hydrogens is 418 g/mol. The molecule has 0 aromatic heterocycles. The molecule has 0 fully saturated rings. The van der Waals surface area contributed by atoms with E-state index in [9.17, 15) is 19.5 Å². The number of aliphatic hydroxyl groups is 1. The Bertz CT molecular complexity index is 975. The predicted molar refractivity (Wildman–Crippen MR) is 129 cm³/mol. The van der Waals surface area contributed by atoms with Gasteiger partial charge in [-0.15, -0.1) is 0 Å². The summed E-state index contributed by atoms with van der Waals surface area (Å²) in [5, 5.41) is 14.7. The number of nitrogens with one attached hydrogen (secondary N) is 2. The number of benzene rings is 2. The van der Waals surface area contributed by atoms with E-state index in [1.54, 1.807) is 17.0 Å². The zero-order valence-corrected chi connectivity index (χ0v) is 19.3. The molecule has 1 heterocycles. The summed E-state index contributed by atoms with van der Waals surface area (Å²) in [6.45, 7) is 4.78. The van der Waals surface area contributed by atoms with Crippen LogP contribution in [-0.2, 0) is 20.8 Å². The summed E-state index contributed by atoms with van der Waals surface area (Å²) in [7, 11) is 0. The minimum absolute atomic E-state index is 0.0491. The molecule has 0 saturated carbocycles. The molecule has 3 rings (SSSR count). The van der Waals surface area contributed by atoms with Crippen molar-refractivity contribution in [1.82, 2.24) is 5.32 Å². The lowest BCUT2D eigenvalue weighted by Crippen LogP contribution is -2.38. The Kier molecular flexibility index (Phi) is 8.60. The summed E-state index contributed by atoms with van der Waals surface area (Å²) in [6.07, 6.45) is 2.99. The fraction of sp³-hybridized carbons (Fsp3) is 0.423. The minimum atomic E-state index is -0.745. The highest BCUT2D eigenvalue weighted by Crippen LogP contribution is 2.31. The molecule has 0 radical (unpaired) electrons. The normalized spacial score (nSPS) is 13.9. The van der Waals surface area contributed by atoms with Crippen LogP contribution in [0.25, 0.3) is 0 Å². The molecule has 1 aliphatic rings. The highest BCUT2D eigenvalue weighted by atomic mass is 16.3. The largest absolute Gasteiger partial charge is 0.396 e. The van der Waals surface area contributed by atoms with Gasteiger partial charge in [0, 0.05) is 37.0 Å². The number of aliphatic hydroxyl groups excluding tert-OH is 1. The van der Waals surface area contributed by atoms with Gasteiger partial charge in [0.25, 0.3) is 0 Å². The summed E-state index contributed by atoms with van der Waals surface area (Å²) in [6, 6.07) is 15.3. The zero-order chi connectivity index (χ0) is 23.8. The molecule has 0 bridgehead atoms. The molecule has 1 aliphatic heterocycles. The monoisotopic (exact) mass is 451 g/mol. The van der Waals surface area contributed by atoms with E-state index in [-0.39, 0.29) is 24.3 Å². The van der Waals surface area contributed by atoms with E-state index in [1.165, 1.54) is 0 Å². The number of amides is 3. The molecule has 3 N–H and O–H groups in total. The van der Waals surface area contributed by atoms with Crippen LogP contribution in [0.15, 0.2) is 48.5 Å². The number of nitrogens with zero attached hydrogens (tertiary/aromatic N) is 1. The third-order valence-electron chi connectivity index (χ3n) is 5.95. The van der Waals surface area contributed by atoms with Crippen molar-refractivity contribution < 1.29 is 19.5 Å². The minimum Gasteiger partial charge on any atom is -0.396 e. The predicted octanol–water partition coefficient (Wildman–Crippen LogP) is 3.23. The summed E-state index contributed by atoms with van der Waals surface area (Å²) in [5.74, 6) is -1.42. The Morgan fingerprint density at radius 2 is 1.79 bits per heavy atom. The van der Waals surface area contributed by atoms with Gasteiger partial charge in [-0.05, 0) is 54.9 Å². The number of aryl methyl sites for hydroxylation is 1. The summed E-state index contributed by atoms with van der Waals surface area (Å²) < 4.78 is 0. The van der Waals surface area contributed by atoms with Gasteiger partial charge >= 0.3 is 11.8 Å². The summed E-state index contributed by atoms with van der Waals surface area (Å²) in [4.78, 5) is 39.1. The zero-order valence-electron chi connectivity index (χ0n) is 19.3. The Balaban J connectivity index is 1.58. The number of carbonyl (C=O) groups is 3. The molecule has 33 heavy (non-hydrogen) atoms. The van der Waals surface area contributed by atoms with Gasteiger partial charge in [0.15, 0.2) is 0 Å². The van der Waals surface area contributed by atoms with Crippen LogP contribution in [0.1, 0.15) is 50.2 Å². The van der Waals surface area contributed by atoms with E-state index >= 15 is 0 Å². The lowest BCUT2D eigenvalue weighted by atomic mass is 9.93. The topological polar surface area (TPSA) is 98.7 Å². The standard InChI is InChI=1S/C26H33N3O4/c1-18(2)26(33)29-15-6-9-21-10-11-22(17-23(21)29)28-25(32)24(31)27-14-12-20(13-16-30)19-7-4-3-5-8-19/h3-5,7-8,10-11,17-18,20,30H,6,9,12-16H2,1-2H3,(H,27,31)(H,28,32). The molecule has 0 aliphatic carbocycles. The Morgan fingerprint density at radius 3 is 2.48 bits per heavy atom. The first-order chi connectivity index (χ1) is 15.9. The Morgan fingerprint density at radius 1 is 1.03 bits per heavy atom. The third-order valence-corrected chi connectivity index (χ3v) is 5.95. The molecule has 2 aromatic rings. The fourth-order valence-electron chi connectivity index (χ4n) is 4.18. The van der Waals surface area contributed by atoms with E-state index in [4.69, 9.17) is 0 Å². The van der Waals surface area contributed by atoms with Crippen molar-refractivity contribution in [1.29, 1.82) is 0 Å². The van der Waals surface area contributed by atoms with Crippen molar-refractivity contribution >= 4 is 29.1 Å². The van der Waals surface area contributed by atoms with E-state index in [0.717, 1.165) is 29.7 Å². The first-order valence-electron chi connectivity index (χ1n) is 11.6. The summed E-state index contributed by atoms with van der Waals surface area (Å²) >= 11 is 0. The molecule has 0 spiro atoms. The average molecular weight is 452 g/mol. The smallest absolute Gasteiger partial charge is 0.313 e. The summed E-state index contributed by atoms with van der Waals surface area (Å²) in [5.41, 5.74) is 3.45. The first kappa shape index (κ1) is 24.5.